The van der Waals surface area contributed by atoms with Gasteiger partial charge in [0.2, 0.25) is 0 Å². The van der Waals surface area contributed by atoms with E-state index in [9.17, 15) is 4.39 Å². The second-order valence-electron chi connectivity index (χ2n) is 3.00. The summed E-state index contributed by atoms with van der Waals surface area (Å²) < 4.78 is 14.7. The average Bonchev–Trinajstić information content (AvgIpc) is 2.67. The van der Waals surface area contributed by atoms with Crippen molar-refractivity contribution in [2.24, 2.45) is 0 Å². The van der Waals surface area contributed by atoms with Gasteiger partial charge in [-0.1, -0.05) is 12.1 Å². The first-order chi connectivity index (χ1) is 6.84. The molecule has 0 radical (unpaired) electrons. The molecule has 1 nitrogen and oxygen atoms in total. The summed E-state index contributed by atoms with van der Waals surface area (Å²) in [6.07, 6.45) is 7.60. The number of aromatic nitrogens is 1. The summed E-state index contributed by atoms with van der Waals surface area (Å²) >= 11 is 0. The molecule has 2 rings (SSSR count). The molecule has 2 heteroatoms. The number of nitrogens with zero attached hydrogens (tertiary/aromatic N) is 1. The topological polar surface area (TPSA) is 4.93 Å². The first-order valence-corrected chi connectivity index (χ1v) is 4.41. The summed E-state index contributed by atoms with van der Waals surface area (Å²) in [5, 5.41) is 0. The zero-order chi connectivity index (χ0) is 9.80. The van der Waals surface area contributed by atoms with Crippen LogP contribution in [0.3, 0.4) is 0 Å². The van der Waals surface area contributed by atoms with Crippen molar-refractivity contribution in [3.05, 3.63) is 60.2 Å². The molecule has 2 aromatic rings. The molecule has 14 heavy (non-hydrogen) atoms. The molecule has 0 N–H and O–H groups in total. The molecule has 0 atom stereocenters. The normalized spacial score (nSPS) is 10.9. The number of hydrogen-bond acceptors (Lipinski definition) is 0. The highest BCUT2D eigenvalue weighted by Gasteiger charge is 1.89. The molecule has 0 saturated carbocycles. The fourth-order valence-corrected chi connectivity index (χ4v) is 1.23. The van der Waals surface area contributed by atoms with E-state index >= 15 is 0 Å². The van der Waals surface area contributed by atoms with Crippen LogP contribution in [0.15, 0.2) is 48.8 Å². The summed E-state index contributed by atoms with van der Waals surface area (Å²) in [7, 11) is 0. The zero-order valence-corrected chi connectivity index (χ0v) is 7.60. The standard InChI is InChI=1S/C12H10FN/c13-12-5-3-4-11(10-12)6-9-14-7-1-2-8-14/h1-10H/b9-6+. The quantitative estimate of drug-likeness (QED) is 0.680. The Hall–Kier alpha value is -1.83. The van der Waals surface area contributed by atoms with Crippen LogP contribution in [0.25, 0.3) is 12.3 Å². The molecule has 0 spiro atoms. The Kier molecular flexibility index (Phi) is 2.45. The molecule has 0 aliphatic rings. The lowest BCUT2D eigenvalue weighted by molar-refractivity contribution is 0.627. The van der Waals surface area contributed by atoms with Crippen LogP contribution in [0.4, 0.5) is 4.39 Å². The Morgan fingerprint density at radius 2 is 1.86 bits per heavy atom. The van der Waals surface area contributed by atoms with Gasteiger partial charge >= 0.3 is 0 Å². The number of hydrogen-bond donors (Lipinski definition) is 0. The first kappa shape index (κ1) is 8.75. The fourth-order valence-electron chi connectivity index (χ4n) is 1.23. The summed E-state index contributed by atoms with van der Waals surface area (Å²) in [6.45, 7) is 0. The minimum atomic E-state index is -0.209. The van der Waals surface area contributed by atoms with E-state index in [1.807, 2.05) is 47.4 Å². The fraction of sp³-hybridized carbons (Fsp3) is 0. The van der Waals surface area contributed by atoms with E-state index in [0.29, 0.717) is 0 Å². The number of halogens is 1. The van der Waals surface area contributed by atoms with E-state index in [4.69, 9.17) is 0 Å². The molecule has 0 saturated heterocycles. The Morgan fingerprint density at radius 1 is 1.07 bits per heavy atom. The van der Waals surface area contributed by atoms with Crippen molar-refractivity contribution in [1.29, 1.82) is 0 Å². The molecule has 70 valence electrons. The lowest BCUT2D eigenvalue weighted by Gasteiger charge is -1.94. The van der Waals surface area contributed by atoms with Gasteiger partial charge in [0.15, 0.2) is 0 Å². The first-order valence-electron chi connectivity index (χ1n) is 4.41. The van der Waals surface area contributed by atoms with Crippen molar-refractivity contribution in [3.8, 4) is 0 Å². The summed E-state index contributed by atoms with van der Waals surface area (Å²) in [5.74, 6) is -0.209. The van der Waals surface area contributed by atoms with Gasteiger partial charge in [-0.15, -0.1) is 0 Å². The van der Waals surface area contributed by atoms with Crippen molar-refractivity contribution in [2.45, 2.75) is 0 Å². The third-order valence-electron chi connectivity index (χ3n) is 1.92. The van der Waals surface area contributed by atoms with Gasteiger partial charge in [-0.2, -0.15) is 0 Å². The largest absolute Gasteiger partial charge is 0.331 e. The van der Waals surface area contributed by atoms with E-state index in [0.717, 1.165) is 5.56 Å². The maximum absolute atomic E-state index is 12.8. The summed E-state index contributed by atoms with van der Waals surface area (Å²) in [5.41, 5.74) is 0.860. The van der Waals surface area contributed by atoms with Gasteiger partial charge in [0.1, 0.15) is 5.82 Å². The van der Waals surface area contributed by atoms with Crippen molar-refractivity contribution < 1.29 is 4.39 Å². The van der Waals surface area contributed by atoms with Crippen LogP contribution in [0.1, 0.15) is 5.56 Å². The third-order valence-corrected chi connectivity index (χ3v) is 1.92. The van der Waals surface area contributed by atoms with Crippen molar-refractivity contribution in [3.63, 3.8) is 0 Å². The van der Waals surface area contributed by atoms with Crippen molar-refractivity contribution in [1.82, 2.24) is 4.57 Å². The zero-order valence-electron chi connectivity index (χ0n) is 7.60. The van der Waals surface area contributed by atoms with Gasteiger partial charge in [0.05, 0.1) is 0 Å². The highest BCUT2D eigenvalue weighted by Crippen LogP contribution is 2.06. The number of rotatable bonds is 2. The van der Waals surface area contributed by atoms with Gasteiger partial charge in [-0.3, -0.25) is 0 Å². The predicted molar refractivity (Wildman–Crippen MR) is 56.1 cm³/mol. The average molecular weight is 187 g/mol. The SMILES string of the molecule is Fc1cccc(/C=C/n2cccc2)c1. The Balaban J connectivity index is 2.18. The Labute approximate surface area is 82.1 Å². The maximum Gasteiger partial charge on any atom is 0.123 e. The second kappa shape index (κ2) is 3.92. The van der Waals surface area contributed by atoms with Crippen molar-refractivity contribution in [2.75, 3.05) is 0 Å². The minimum absolute atomic E-state index is 0.209. The minimum Gasteiger partial charge on any atom is -0.331 e. The third kappa shape index (κ3) is 2.10. The lowest BCUT2D eigenvalue weighted by atomic mass is 10.2. The van der Waals surface area contributed by atoms with E-state index < -0.39 is 0 Å². The highest BCUT2D eigenvalue weighted by molar-refractivity contribution is 5.60. The van der Waals surface area contributed by atoms with Gasteiger partial charge < -0.3 is 4.57 Å². The van der Waals surface area contributed by atoms with E-state index in [1.54, 1.807) is 6.07 Å². The molecule has 0 aliphatic heterocycles. The summed E-state index contributed by atoms with van der Waals surface area (Å²) in [6, 6.07) is 10.4. The van der Waals surface area contributed by atoms with Crippen LogP contribution in [-0.4, -0.2) is 4.57 Å². The van der Waals surface area contributed by atoms with Crippen LogP contribution >= 0.6 is 0 Å². The van der Waals surface area contributed by atoms with E-state index in [1.165, 1.54) is 12.1 Å². The molecular formula is C12H10FN. The maximum atomic E-state index is 12.8. The van der Waals surface area contributed by atoms with Crippen LogP contribution in [0.2, 0.25) is 0 Å². The smallest absolute Gasteiger partial charge is 0.123 e. The van der Waals surface area contributed by atoms with Gasteiger partial charge in [0.25, 0.3) is 0 Å². The summed E-state index contributed by atoms with van der Waals surface area (Å²) in [4.78, 5) is 0. The molecule has 0 unspecified atom stereocenters. The van der Waals surface area contributed by atoms with Crippen LogP contribution in [0, 0.1) is 5.82 Å². The van der Waals surface area contributed by atoms with E-state index in [-0.39, 0.29) is 5.82 Å². The monoisotopic (exact) mass is 187 g/mol. The Bertz CT molecular complexity index is 429. The molecule has 1 heterocycles. The van der Waals surface area contributed by atoms with Crippen LogP contribution in [0.5, 0.6) is 0 Å². The van der Waals surface area contributed by atoms with Gasteiger partial charge in [-0.25, -0.2) is 4.39 Å². The lowest BCUT2D eigenvalue weighted by Crippen LogP contribution is -1.79. The Morgan fingerprint density at radius 3 is 2.57 bits per heavy atom. The second-order valence-corrected chi connectivity index (χ2v) is 3.00. The molecule has 0 fully saturated rings. The molecule has 0 amide bonds. The van der Waals surface area contributed by atoms with Crippen LogP contribution < -0.4 is 0 Å². The van der Waals surface area contributed by atoms with Crippen molar-refractivity contribution >= 4 is 12.3 Å². The predicted octanol–water partition coefficient (Wildman–Crippen LogP) is 3.26. The van der Waals surface area contributed by atoms with Gasteiger partial charge in [0, 0.05) is 18.6 Å². The molecule has 0 aliphatic carbocycles. The van der Waals surface area contributed by atoms with Crippen LogP contribution in [-0.2, 0) is 0 Å². The van der Waals surface area contributed by atoms with E-state index in [2.05, 4.69) is 0 Å². The highest BCUT2D eigenvalue weighted by atomic mass is 19.1. The molecular weight excluding hydrogens is 177 g/mol. The van der Waals surface area contributed by atoms with Gasteiger partial charge in [-0.05, 0) is 35.9 Å². The molecule has 1 aromatic carbocycles. The molecule has 1 aromatic heterocycles. The molecule has 0 bridgehead atoms. The number of benzene rings is 1.